The van der Waals surface area contributed by atoms with Crippen LogP contribution in [0.25, 0.3) is 0 Å². The molecule has 43 valence electrons. The summed E-state index contributed by atoms with van der Waals surface area (Å²) < 4.78 is 0. The molecule has 0 fully saturated rings. The molecule has 0 rings (SSSR count). The van der Waals surface area contributed by atoms with E-state index in [0.717, 1.165) is 6.71 Å². The molecular weight excluding hydrogens is 122 g/mol. The summed E-state index contributed by atoms with van der Waals surface area (Å²) in [6.45, 7) is 7.77. The maximum absolute atomic E-state index is 2.26. The van der Waals surface area contributed by atoms with Gasteiger partial charge in [-0.05, 0) is 0 Å². The van der Waals surface area contributed by atoms with E-state index in [1.165, 1.54) is 19.0 Å². The smallest absolute Gasteiger partial charge is 0.0770 e. The Morgan fingerprint density at radius 1 is 0.875 bits per heavy atom. The molecule has 0 aromatic heterocycles. The fourth-order valence-corrected chi connectivity index (χ4v) is 0.866. The first-order valence-corrected chi connectivity index (χ1v) is 3.35. The summed E-state index contributed by atoms with van der Waals surface area (Å²) in [4.78, 5) is 0. The van der Waals surface area contributed by atoms with Crippen molar-refractivity contribution < 1.29 is 0 Å². The van der Waals surface area contributed by atoms with Crippen LogP contribution in [0.3, 0.4) is 0 Å². The minimum atomic E-state index is 0. The molecule has 0 aliphatic heterocycles. The van der Waals surface area contributed by atoms with E-state index in [2.05, 4.69) is 20.8 Å². The van der Waals surface area contributed by atoms with Gasteiger partial charge in [-0.15, -0.1) is 0 Å². The molecule has 1 radical (unpaired) electrons. The van der Waals surface area contributed by atoms with Gasteiger partial charge in [0.1, 0.15) is 6.71 Å². The molecule has 0 aromatic carbocycles. The van der Waals surface area contributed by atoms with Crippen LogP contribution in [-0.4, -0.2) is 58.1 Å². The molecule has 2 heteroatoms. The van der Waals surface area contributed by atoms with Crippen LogP contribution in [0.4, 0.5) is 0 Å². The first-order chi connectivity index (χ1) is 3.35. The summed E-state index contributed by atoms with van der Waals surface area (Å²) in [6, 6.07) is 0. The maximum atomic E-state index is 2.26. The van der Waals surface area contributed by atoms with Gasteiger partial charge in [0.05, 0.1) is 0 Å². The van der Waals surface area contributed by atoms with Crippen molar-refractivity contribution in [2.24, 2.45) is 0 Å². The molecule has 0 saturated heterocycles. The number of rotatable bonds is 3. The normalized spacial score (nSPS) is 7.88. The summed E-state index contributed by atoms with van der Waals surface area (Å²) in [5.41, 5.74) is 0. The van der Waals surface area contributed by atoms with Crippen LogP contribution in [0.15, 0.2) is 0 Å². The maximum Gasteiger partial charge on any atom is 0.139 e. The van der Waals surface area contributed by atoms with Gasteiger partial charge in [0.15, 0.2) is 0 Å². The van der Waals surface area contributed by atoms with Gasteiger partial charge >= 0.3 is 0 Å². The molecule has 0 heterocycles. The molecule has 0 aliphatic carbocycles. The zero-order valence-electron chi connectivity index (χ0n) is 6.70. The third kappa shape index (κ3) is 5.83. The van der Waals surface area contributed by atoms with Crippen molar-refractivity contribution in [1.29, 1.82) is 0 Å². The Bertz CT molecular complexity index is 30.0. The monoisotopic (exact) mass is 137 g/mol. The Kier molecular flexibility index (Phi) is 13.5. The minimum absolute atomic E-state index is 0. The Morgan fingerprint density at radius 3 is 1.12 bits per heavy atom. The summed E-state index contributed by atoms with van der Waals surface area (Å²) >= 11 is 0. The largest absolute Gasteiger partial charge is 0.139 e. The molecule has 0 unspecified atom stereocenters. The standard InChI is InChI=1S/C6H15B.K/c1-4-7(5-2)6-3;/h4-6H2,1-3H3;. The molecule has 0 spiro atoms. The van der Waals surface area contributed by atoms with E-state index >= 15 is 0 Å². The second-order valence-electron chi connectivity index (χ2n) is 2.09. The molecule has 0 aromatic rings. The van der Waals surface area contributed by atoms with E-state index in [9.17, 15) is 0 Å². The zero-order chi connectivity index (χ0) is 5.70. The van der Waals surface area contributed by atoms with Crippen molar-refractivity contribution in [3.63, 3.8) is 0 Å². The van der Waals surface area contributed by atoms with Crippen molar-refractivity contribution in [2.75, 3.05) is 0 Å². The van der Waals surface area contributed by atoms with Crippen molar-refractivity contribution in [2.45, 2.75) is 39.7 Å². The summed E-state index contributed by atoms with van der Waals surface area (Å²) in [5.74, 6) is 0. The van der Waals surface area contributed by atoms with Crippen molar-refractivity contribution in [3.05, 3.63) is 0 Å². The van der Waals surface area contributed by atoms with Crippen molar-refractivity contribution in [1.82, 2.24) is 0 Å². The van der Waals surface area contributed by atoms with E-state index < -0.39 is 0 Å². The molecule has 0 N–H and O–H groups in total. The fourth-order valence-electron chi connectivity index (χ4n) is 0.866. The summed E-state index contributed by atoms with van der Waals surface area (Å²) in [7, 11) is 0. The molecule has 0 aliphatic rings. The topological polar surface area (TPSA) is 0 Å². The van der Waals surface area contributed by atoms with Crippen LogP contribution in [0, 0.1) is 0 Å². The third-order valence-electron chi connectivity index (χ3n) is 1.73. The van der Waals surface area contributed by atoms with E-state index in [4.69, 9.17) is 0 Å². The Morgan fingerprint density at radius 2 is 1.12 bits per heavy atom. The second kappa shape index (κ2) is 8.70. The van der Waals surface area contributed by atoms with Gasteiger partial charge in [0.25, 0.3) is 0 Å². The average molecular weight is 137 g/mol. The predicted molar refractivity (Wildman–Crippen MR) is 43.0 cm³/mol. The van der Waals surface area contributed by atoms with Gasteiger partial charge in [0, 0.05) is 51.4 Å². The Labute approximate surface area is 96.3 Å². The SMILES string of the molecule is CCB(CC)CC.[K]. The van der Waals surface area contributed by atoms with E-state index in [1.807, 2.05) is 0 Å². The molecule has 8 heavy (non-hydrogen) atoms. The quantitative estimate of drug-likeness (QED) is 0.523. The molecule has 0 atom stereocenters. The fraction of sp³-hybridized carbons (Fsp3) is 1.00. The summed E-state index contributed by atoms with van der Waals surface area (Å²) in [5, 5.41) is 0. The number of hydrogen-bond acceptors (Lipinski definition) is 0. The van der Waals surface area contributed by atoms with E-state index in [0.29, 0.717) is 0 Å². The van der Waals surface area contributed by atoms with Crippen molar-refractivity contribution >= 4 is 58.1 Å². The van der Waals surface area contributed by atoms with Crippen LogP contribution in [0.2, 0.25) is 19.0 Å². The molecule has 0 saturated carbocycles. The van der Waals surface area contributed by atoms with E-state index in [1.54, 1.807) is 0 Å². The van der Waals surface area contributed by atoms with Gasteiger partial charge in [0.2, 0.25) is 0 Å². The van der Waals surface area contributed by atoms with Crippen molar-refractivity contribution in [3.8, 4) is 0 Å². The molecular formula is C6H15BK. The van der Waals surface area contributed by atoms with Crippen LogP contribution in [-0.2, 0) is 0 Å². The average Bonchev–Trinajstić information content (AvgIpc) is 1.72. The first kappa shape index (κ1) is 12.4. The Hall–Kier alpha value is 1.70. The predicted octanol–water partition coefficient (Wildman–Crippen LogP) is 2.16. The summed E-state index contributed by atoms with van der Waals surface area (Å²) in [6.07, 6.45) is 4.06. The van der Waals surface area contributed by atoms with Crippen LogP contribution in [0.5, 0.6) is 0 Å². The second-order valence-corrected chi connectivity index (χ2v) is 2.09. The molecule has 0 amide bonds. The Balaban J connectivity index is 0. The third-order valence-corrected chi connectivity index (χ3v) is 1.73. The minimum Gasteiger partial charge on any atom is -0.0770 e. The van der Waals surface area contributed by atoms with Gasteiger partial charge < -0.3 is 0 Å². The van der Waals surface area contributed by atoms with Gasteiger partial charge in [-0.25, -0.2) is 0 Å². The number of hydrogen-bond donors (Lipinski definition) is 0. The zero-order valence-corrected chi connectivity index (χ0v) is 9.82. The van der Waals surface area contributed by atoms with Crippen LogP contribution >= 0.6 is 0 Å². The first-order valence-electron chi connectivity index (χ1n) is 3.35. The molecule has 0 nitrogen and oxygen atoms in total. The van der Waals surface area contributed by atoms with Crippen LogP contribution < -0.4 is 0 Å². The van der Waals surface area contributed by atoms with Gasteiger partial charge in [-0.2, -0.15) is 0 Å². The molecule has 0 bridgehead atoms. The van der Waals surface area contributed by atoms with Gasteiger partial charge in [-0.3, -0.25) is 0 Å². The van der Waals surface area contributed by atoms with Gasteiger partial charge in [-0.1, -0.05) is 39.7 Å². The van der Waals surface area contributed by atoms with Crippen LogP contribution in [0.1, 0.15) is 20.8 Å². The van der Waals surface area contributed by atoms with E-state index in [-0.39, 0.29) is 51.4 Å².